The maximum absolute atomic E-state index is 12.7. The molecule has 1 atom stereocenters. The summed E-state index contributed by atoms with van der Waals surface area (Å²) in [4.78, 5) is 37.6. The second kappa shape index (κ2) is 42.8. The highest BCUT2D eigenvalue weighted by molar-refractivity contribution is 5.71. The largest absolute Gasteiger partial charge is 0.462 e. The Kier molecular flexibility index (Phi) is 39.7. The molecule has 0 aliphatic carbocycles. The van der Waals surface area contributed by atoms with Crippen LogP contribution in [0.5, 0.6) is 0 Å². The molecule has 0 aromatic carbocycles. The molecule has 0 aromatic heterocycles. The molecule has 1 unspecified atom stereocenters. The number of allylic oxidation sites excluding steroid dienone is 18. The molecule has 0 N–H and O–H groups in total. The summed E-state index contributed by atoms with van der Waals surface area (Å²) in [5.74, 6) is -1.04. The van der Waals surface area contributed by atoms with Crippen molar-refractivity contribution in [2.24, 2.45) is 0 Å². The van der Waals surface area contributed by atoms with Gasteiger partial charge in [-0.1, -0.05) is 175 Å². The average Bonchev–Trinajstić information content (AvgIpc) is 3.18. The van der Waals surface area contributed by atoms with Gasteiger partial charge in [-0.15, -0.1) is 0 Å². The summed E-state index contributed by atoms with van der Waals surface area (Å²) in [6.45, 7) is 6.27. The lowest BCUT2D eigenvalue weighted by Crippen LogP contribution is -2.30. The van der Waals surface area contributed by atoms with Gasteiger partial charge in [-0.05, 0) is 77.0 Å². The number of hydrogen-bond donors (Lipinski definition) is 0. The molecule has 0 heterocycles. The second-order valence-electron chi connectivity index (χ2n) is 13.7. The van der Waals surface area contributed by atoms with E-state index in [0.29, 0.717) is 25.7 Å². The second-order valence-corrected chi connectivity index (χ2v) is 13.7. The monoisotopic (exact) mass is 761 g/mol. The first-order valence-corrected chi connectivity index (χ1v) is 21.5. The lowest BCUT2D eigenvalue weighted by atomic mass is 10.1. The summed E-state index contributed by atoms with van der Waals surface area (Å²) >= 11 is 0. The van der Waals surface area contributed by atoms with Crippen molar-refractivity contribution in [1.29, 1.82) is 0 Å². The third-order valence-electron chi connectivity index (χ3n) is 8.42. The summed E-state index contributed by atoms with van der Waals surface area (Å²) in [5.41, 5.74) is 0. The van der Waals surface area contributed by atoms with Crippen molar-refractivity contribution in [1.82, 2.24) is 0 Å². The summed E-state index contributed by atoms with van der Waals surface area (Å²) in [7, 11) is 0. The van der Waals surface area contributed by atoms with Crippen molar-refractivity contribution < 1.29 is 28.6 Å². The van der Waals surface area contributed by atoms with Crippen LogP contribution in [0.15, 0.2) is 109 Å². The third kappa shape index (κ3) is 41.1. The number of carbonyl (C=O) groups excluding carboxylic acids is 3. The molecule has 0 spiro atoms. The zero-order valence-electron chi connectivity index (χ0n) is 34.9. The molecule has 308 valence electrons. The SMILES string of the molecule is CC\C=C/C=C\C=C/C=C\C=C\C=C/CCCCCC(=O)OCC(COC(=O)CCC/C=C\CCCCCC)OC(=O)CCCCC/C=C\C=C/CCCC. The van der Waals surface area contributed by atoms with E-state index < -0.39 is 6.10 Å². The number of carbonyl (C=O) groups is 3. The van der Waals surface area contributed by atoms with Crippen LogP contribution in [0.1, 0.15) is 162 Å². The highest BCUT2D eigenvalue weighted by Crippen LogP contribution is 2.10. The Balaban J connectivity index is 4.55. The van der Waals surface area contributed by atoms with Gasteiger partial charge < -0.3 is 14.2 Å². The van der Waals surface area contributed by atoms with Gasteiger partial charge >= 0.3 is 17.9 Å². The fraction of sp³-hybridized carbons (Fsp3) is 0.571. The first kappa shape index (κ1) is 51.1. The fourth-order valence-electron chi connectivity index (χ4n) is 5.16. The van der Waals surface area contributed by atoms with E-state index in [0.717, 1.165) is 70.6 Å². The molecule has 6 heteroatoms. The van der Waals surface area contributed by atoms with E-state index in [4.69, 9.17) is 14.2 Å². The molecule has 0 aliphatic rings. The van der Waals surface area contributed by atoms with Gasteiger partial charge in [0.2, 0.25) is 0 Å². The summed E-state index contributed by atoms with van der Waals surface area (Å²) in [6.07, 6.45) is 56.5. The number of ether oxygens (including phenoxy) is 3. The van der Waals surface area contributed by atoms with Crippen LogP contribution in [-0.2, 0) is 28.6 Å². The predicted octanol–water partition coefficient (Wildman–Crippen LogP) is 13.6. The van der Waals surface area contributed by atoms with E-state index in [9.17, 15) is 14.4 Å². The highest BCUT2D eigenvalue weighted by Gasteiger charge is 2.19. The molecule has 0 aliphatic heterocycles. The predicted molar refractivity (Wildman–Crippen MR) is 233 cm³/mol. The van der Waals surface area contributed by atoms with Crippen LogP contribution < -0.4 is 0 Å². The summed E-state index contributed by atoms with van der Waals surface area (Å²) in [6, 6.07) is 0. The molecule has 0 saturated heterocycles. The van der Waals surface area contributed by atoms with Crippen molar-refractivity contribution in [2.45, 2.75) is 168 Å². The van der Waals surface area contributed by atoms with Crippen LogP contribution in [0.4, 0.5) is 0 Å². The molecule has 0 bridgehead atoms. The fourth-order valence-corrected chi connectivity index (χ4v) is 5.16. The van der Waals surface area contributed by atoms with Crippen molar-refractivity contribution in [2.75, 3.05) is 13.2 Å². The molecule has 0 saturated carbocycles. The third-order valence-corrected chi connectivity index (χ3v) is 8.42. The van der Waals surface area contributed by atoms with E-state index >= 15 is 0 Å². The van der Waals surface area contributed by atoms with Crippen LogP contribution in [0.2, 0.25) is 0 Å². The Morgan fingerprint density at radius 1 is 0.382 bits per heavy atom. The quantitative estimate of drug-likeness (QED) is 0.0208. The number of esters is 3. The standard InChI is InChI=1S/C49H76O6/c1-4-7-10-13-16-19-21-22-23-24-25-26-28-30-33-36-39-42-48(51)54-45-46(44-53-47(50)41-38-35-32-29-18-15-12-9-6-3)55-49(52)43-40-37-34-31-27-20-17-14-11-8-5-2/h7,10,13-14,16-17,19-29,32,46H,4-6,8-9,11-12,15,18,30-31,33-45H2,1-3H3/b10-7-,16-13-,17-14-,21-19-,23-22-,25-24+,27-20-,28-26-,32-29-. The maximum atomic E-state index is 12.7. The molecule has 55 heavy (non-hydrogen) atoms. The first-order valence-electron chi connectivity index (χ1n) is 21.5. The minimum absolute atomic E-state index is 0.122. The van der Waals surface area contributed by atoms with E-state index in [2.05, 4.69) is 69.4 Å². The lowest BCUT2D eigenvalue weighted by molar-refractivity contribution is -0.167. The van der Waals surface area contributed by atoms with Gasteiger partial charge in [0.15, 0.2) is 6.10 Å². The summed E-state index contributed by atoms with van der Waals surface area (Å²) in [5, 5.41) is 0. The highest BCUT2D eigenvalue weighted by atomic mass is 16.6. The normalized spacial score (nSPS) is 13.1. The van der Waals surface area contributed by atoms with Gasteiger partial charge in [-0.25, -0.2) is 0 Å². The van der Waals surface area contributed by atoms with Gasteiger partial charge in [-0.3, -0.25) is 14.4 Å². The molecular formula is C49H76O6. The zero-order valence-corrected chi connectivity index (χ0v) is 34.9. The number of hydrogen-bond acceptors (Lipinski definition) is 6. The molecule has 0 radical (unpaired) electrons. The van der Waals surface area contributed by atoms with E-state index in [1.807, 2.05) is 60.8 Å². The molecule has 0 rings (SSSR count). The molecular weight excluding hydrogens is 685 g/mol. The zero-order chi connectivity index (χ0) is 40.1. The van der Waals surface area contributed by atoms with Crippen LogP contribution >= 0.6 is 0 Å². The average molecular weight is 761 g/mol. The van der Waals surface area contributed by atoms with Gasteiger partial charge in [0.05, 0.1) is 0 Å². The maximum Gasteiger partial charge on any atom is 0.306 e. The van der Waals surface area contributed by atoms with Crippen LogP contribution in [0, 0.1) is 0 Å². The minimum Gasteiger partial charge on any atom is -0.462 e. The van der Waals surface area contributed by atoms with Crippen molar-refractivity contribution in [3.8, 4) is 0 Å². The van der Waals surface area contributed by atoms with Crippen LogP contribution in [0.3, 0.4) is 0 Å². The number of unbranched alkanes of at least 4 members (excludes halogenated alkanes) is 13. The van der Waals surface area contributed by atoms with Gasteiger partial charge in [-0.2, -0.15) is 0 Å². The van der Waals surface area contributed by atoms with E-state index in [1.54, 1.807) is 0 Å². The number of rotatable bonds is 36. The van der Waals surface area contributed by atoms with E-state index in [1.165, 1.54) is 38.5 Å². The van der Waals surface area contributed by atoms with Crippen molar-refractivity contribution >= 4 is 17.9 Å². The van der Waals surface area contributed by atoms with Crippen molar-refractivity contribution in [3.05, 3.63) is 109 Å². The summed E-state index contributed by atoms with van der Waals surface area (Å²) < 4.78 is 16.5. The van der Waals surface area contributed by atoms with Crippen molar-refractivity contribution in [3.63, 3.8) is 0 Å². The van der Waals surface area contributed by atoms with Gasteiger partial charge in [0.1, 0.15) is 13.2 Å². The van der Waals surface area contributed by atoms with Gasteiger partial charge in [0.25, 0.3) is 0 Å². The Morgan fingerprint density at radius 3 is 1.27 bits per heavy atom. The molecule has 6 nitrogen and oxygen atoms in total. The van der Waals surface area contributed by atoms with Crippen LogP contribution in [0.25, 0.3) is 0 Å². The minimum atomic E-state index is -0.820. The molecule has 0 fully saturated rings. The van der Waals surface area contributed by atoms with Gasteiger partial charge in [0, 0.05) is 19.3 Å². The molecule has 0 aromatic rings. The van der Waals surface area contributed by atoms with Crippen LogP contribution in [-0.4, -0.2) is 37.2 Å². The lowest BCUT2D eigenvalue weighted by Gasteiger charge is -2.18. The Hall–Kier alpha value is -3.93. The topological polar surface area (TPSA) is 78.9 Å². The first-order chi connectivity index (χ1) is 27.0. The smallest absolute Gasteiger partial charge is 0.306 e. The Labute approximate surface area is 336 Å². The molecule has 0 amide bonds. The Morgan fingerprint density at radius 2 is 0.764 bits per heavy atom. The van der Waals surface area contributed by atoms with E-state index in [-0.39, 0.29) is 37.5 Å². The Bertz CT molecular complexity index is 1200.